The van der Waals surface area contributed by atoms with Gasteiger partial charge in [-0.2, -0.15) is 0 Å². The maximum absolute atomic E-state index is 11.3. The molecule has 1 heterocycles. The second kappa shape index (κ2) is 5.57. The Morgan fingerprint density at radius 2 is 1.80 bits per heavy atom. The number of aromatic nitrogens is 2. The van der Waals surface area contributed by atoms with Gasteiger partial charge in [0.25, 0.3) is 0 Å². The number of aromatic amines is 2. The van der Waals surface area contributed by atoms with E-state index < -0.39 is 0 Å². The Bertz CT molecular complexity index is 669. The first-order chi connectivity index (χ1) is 9.18. The minimum atomic E-state index is -0.196. The molecule has 5 heteroatoms. The van der Waals surface area contributed by atoms with Gasteiger partial charge in [0, 0.05) is 4.47 Å². The van der Waals surface area contributed by atoms with Crippen molar-refractivity contribution in [2.24, 2.45) is 11.3 Å². The molecule has 0 saturated heterocycles. The number of benzene rings is 1. The first-order valence-electron chi connectivity index (χ1n) is 6.74. The van der Waals surface area contributed by atoms with Gasteiger partial charge >= 0.3 is 5.69 Å². The SMILES string of the molecule is CC(CC(Cl)c1cc2[nH]c(=O)[nH]c2cc1Br)C(C)(C)C. The summed E-state index contributed by atoms with van der Waals surface area (Å²) in [6.45, 7) is 8.90. The van der Waals surface area contributed by atoms with E-state index in [0.717, 1.165) is 27.5 Å². The Hall–Kier alpha value is -0.740. The van der Waals surface area contributed by atoms with E-state index in [4.69, 9.17) is 11.6 Å². The minimum absolute atomic E-state index is 0.0820. The lowest BCUT2D eigenvalue weighted by Gasteiger charge is -2.29. The van der Waals surface area contributed by atoms with E-state index in [1.165, 1.54) is 0 Å². The summed E-state index contributed by atoms with van der Waals surface area (Å²) >= 11 is 10.1. The molecule has 3 nitrogen and oxygen atoms in total. The summed E-state index contributed by atoms with van der Waals surface area (Å²) in [4.78, 5) is 16.9. The average Bonchev–Trinajstić information content (AvgIpc) is 2.65. The second-order valence-electron chi connectivity index (χ2n) is 6.47. The first-order valence-corrected chi connectivity index (χ1v) is 7.97. The molecule has 110 valence electrons. The van der Waals surface area contributed by atoms with Crippen LogP contribution in [0, 0.1) is 11.3 Å². The molecule has 0 aliphatic carbocycles. The molecule has 1 aromatic heterocycles. The largest absolute Gasteiger partial charge is 0.323 e. The zero-order valence-electron chi connectivity index (χ0n) is 12.2. The molecule has 0 aliphatic heterocycles. The summed E-state index contributed by atoms with van der Waals surface area (Å²) in [7, 11) is 0. The van der Waals surface area contributed by atoms with Crippen LogP contribution in [0.5, 0.6) is 0 Å². The van der Waals surface area contributed by atoms with Crippen LogP contribution in [-0.4, -0.2) is 9.97 Å². The Morgan fingerprint density at radius 3 is 2.35 bits per heavy atom. The van der Waals surface area contributed by atoms with Gasteiger partial charge in [-0.15, -0.1) is 11.6 Å². The molecule has 0 spiro atoms. The van der Waals surface area contributed by atoms with E-state index in [0.29, 0.717) is 5.92 Å². The molecule has 1 aromatic carbocycles. The Kier molecular flexibility index (Phi) is 4.35. The van der Waals surface area contributed by atoms with Crippen LogP contribution in [0.15, 0.2) is 21.4 Å². The van der Waals surface area contributed by atoms with Gasteiger partial charge in [-0.05, 0) is 35.4 Å². The number of fused-ring (bicyclic) bond motifs is 1. The van der Waals surface area contributed by atoms with Gasteiger partial charge in [0.1, 0.15) is 0 Å². The molecule has 2 atom stereocenters. The molecule has 2 N–H and O–H groups in total. The zero-order valence-corrected chi connectivity index (χ0v) is 14.5. The fourth-order valence-corrected chi connectivity index (χ4v) is 3.30. The normalized spacial score (nSPS) is 15.5. The predicted octanol–water partition coefficient (Wildman–Crippen LogP) is 4.97. The number of rotatable bonds is 3. The molecule has 2 rings (SSSR count). The first kappa shape index (κ1) is 15.6. The highest BCUT2D eigenvalue weighted by Gasteiger charge is 2.24. The molecule has 2 aromatic rings. The van der Waals surface area contributed by atoms with Crippen molar-refractivity contribution in [2.45, 2.75) is 39.5 Å². The highest BCUT2D eigenvalue weighted by atomic mass is 79.9. The summed E-state index contributed by atoms with van der Waals surface area (Å²) in [5.41, 5.74) is 2.64. The third-order valence-corrected chi connectivity index (χ3v) is 5.11. The summed E-state index contributed by atoms with van der Waals surface area (Å²) in [6.07, 6.45) is 0.893. The second-order valence-corrected chi connectivity index (χ2v) is 7.85. The van der Waals surface area contributed by atoms with Crippen LogP contribution in [0.1, 0.15) is 45.1 Å². The molecule has 0 amide bonds. The fraction of sp³-hybridized carbons (Fsp3) is 0.533. The van der Waals surface area contributed by atoms with Gasteiger partial charge in [-0.3, -0.25) is 0 Å². The van der Waals surface area contributed by atoms with E-state index in [-0.39, 0.29) is 16.5 Å². The van der Waals surface area contributed by atoms with E-state index in [1.807, 2.05) is 12.1 Å². The van der Waals surface area contributed by atoms with Crippen LogP contribution in [-0.2, 0) is 0 Å². The van der Waals surface area contributed by atoms with Crippen molar-refractivity contribution in [1.82, 2.24) is 9.97 Å². The van der Waals surface area contributed by atoms with Gasteiger partial charge < -0.3 is 9.97 Å². The number of nitrogens with one attached hydrogen (secondary N) is 2. The van der Waals surface area contributed by atoms with Crippen molar-refractivity contribution < 1.29 is 0 Å². The Labute approximate surface area is 132 Å². The van der Waals surface area contributed by atoms with Crippen LogP contribution >= 0.6 is 27.5 Å². The van der Waals surface area contributed by atoms with Gasteiger partial charge in [-0.1, -0.05) is 43.6 Å². The van der Waals surface area contributed by atoms with Crippen molar-refractivity contribution in [1.29, 1.82) is 0 Å². The van der Waals surface area contributed by atoms with E-state index in [1.54, 1.807) is 0 Å². The summed E-state index contributed by atoms with van der Waals surface area (Å²) in [5.74, 6) is 0.498. The molecular weight excluding hydrogens is 340 g/mol. The fourth-order valence-electron chi connectivity index (χ4n) is 2.10. The topological polar surface area (TPSA) is 48.6 Å². The number of halogens is 2. The Morgan fingerprint density at radius 1 is 1.25 bits per heavy atom. The van der Waals surface area contributed by atoms with Crippen molar-refractivity contribution in [3.05, 3.63) is 32.7 Å². The number of alkyl halides is 1. The maximum atomic E-state index is 11.3. The summed E-state index contributed by atoms with van der Waals surface area (Å²) in [5, 5.41) is -0.0820. The quantitative estimate of drug-likeness (QED) is 0.747. The molecule has 20 heavy (non-hydrogen) atoms. The monoisotopic (exact) mass is 358 g/mol. The zero-order chi connectivity index (χ0) is 15.1. The standard InChI is InChI=1S/C15H20BrClN2O/c1-8(15(2,3)4)5-11(17)9-6-12-13(7-10(9)16)19-14(20)18-12/h6-8,11H,5H2,1-4H3,(H2,18,19,20). The number of H-pyrrole nitrogens is 2. The van der Waals surface area contributed by atoms with Crippen molar-refractivity contribution in [3.63, 3.8) is 0 Å². The van der Waals surface area contributed by atoms with Crippen LogP contribution in [0.25, 0.3) is 11.0 Å². The lowest BCUT2D eigenvalue weighted by Crippen LogP contribution is -2.18. The smallest absolute Gasteiger partial charge is 0.306 e. The molecule has 0 saturated carbocycles. The minimum Gasteiger partial charge on any atom is -0.306 e. The maximum Gasteiger partial charge on any atom is 0.323 e. The van der Waals surface area contributed by atoms with Crippen molar-refractivity contribution in [2.75, 3.05) is 0 Å². The van der Waals surface area contributed by atoms with E-state index >= 15 is 0 Å². The highest BCUT2D eigenvalue weighted by molar-refractivity contribution is 9.10. The highest BCUT2D eigenvalue weighted by Crippen LogP contribution is 2.39. The summed E-state index contributed by atoms with van der Waals surface area (Å²) in [6, 6.07) is 3.85. The van der Waals surface area contributed by atoms with Crippen molar-refractivity contribution in [3.8, 4) is 0 Å². The molecule has 0 radical (unpaired) electrons. The molecule has 0 fully saturated rings. The van der Waals surface area contributed by atoms with Crippen LogP contribution in [0.4, 0.5) is 0 Å². The lowest BCUT2D eigenvalue weighted by atomic mass is 9.79. The van der Waals surface area contributed by atoms with Gasteiger partial charge in [0.05, 0.1) is 16.4 Å². The van der Waals surface area contributed by atoms with Gasteiger partial charge in [-0.25, -0.2) is 4.79 Å². The summed E-state index contributed by atoms with van der Waals surface area (Å²) < 4.78 is 0.932. The van der Waals surface area contributed by atoms with Gasteiger partial charge in [0.15, 0.2) is 0 Å². The Balaban J connectivity index is 2.32. The molecule has 0 aliphatic rings. The predicted molar refractivity (Wildman–Crippen MR) is 88.4 cm³/mol. The van der Waals surface area contributed by atoms with E-state index in [2.05, 4.69) is 53.6 Å². The lowest BCUT2D eigenvalue weighted by molar-refractivity contribution is 0.245. The third kappa shape index (κ3) is 3.29. The number of imidazole rings is 1. The average molecular weight is 360 g/mol. The van der Waals surface area contributed by atoms with Crippen LogP contribution in [0.2, 0.25) is 0 Å². The number of hydrogen-bond acceptors (Lipinski definition) is 1. The molecular formula is C15H20BrClN2O. The van der Waals surface area contributed by atoms with Gasteiger partial charge in [0.2, 0.25) is 0 Å². The third-order valence-electron chi connectivity index (χ3n) is 4.01. The molecule has 0 bridgehead atoms. The van der Waals surface area contributed by atoms with Crippen molar-refractivity contribution >= 4 is 38.6 Å². The van der Waals surface area contributed by atoms with E-state index in [9.17, 15) is 4.79 Å². The molecule has 2 unspecified atom stereocenters. The van der Waals surface area contributed by atoms with Crippen LogP contribution < -0.4 is 5.69 Å². The number of hydrogen-bond donors (Lipinski definition) is 2. The van der Waals surface area contributed by atoms with Crippen LogP contribution in [0.3, 0.4) is 0 Å².